The highest BCUT2D eigenvalue weighted by Gasteiger charge is 2.23. The van der Waals surface area contributed by atoms with Gasteiger partial charge < -0.3 is 15.4 Å². The van der Waals surface area contributed by atoms with Gasteiger partial charge in [-0.15, -0.1) is 21.5 Å². The fourth-order valence-corrected chi connectivity index (χ4v) is 5.23. The zero-order chi connectivity index (χ0) is 20.8. The molecular formula is C18H17ClN4O3S3. The fourth-order valence-electron chi connectivity index (χ4n) is 2.41. The third-order valence-corrected chi connectivity index (χ3v) is 6.90. The molecular weight excluding hydrogens is 452 g/mol. The first-order valence-electron chi connectivity index (χ1n) is 8.48. The number of carbonyl (C=O) groups is 2. The molecule has 0 unspecified atom stereocenters. The molecule has 152 valence electrons. The molecule has 0 radical (unpaired) electrons. The summed E-state index contributed by atoms with van der Waals surface area (Å²) in [6.07, 6.45) is 0. The lowest BCUT2D eigenvalue weighted by Gasteiger charge is -2.08. The van der Waals surface area contributed by atoms with E-state index in [1.165, 1.54) is 41.5 Å². The van der Waals surface area contributed by atoms with E-state index in [9.17, 15) is 9.59 Å². The molecule has 3 rings (SSSR count). The number of aromatic nitrogens is 2. The van der Waals surface area contributed by atoms with Gasteiger partial charge in [0.2, 0.25) is 11.0 Å². The van der Waals surface area contributed by atoms with E-state index in [-0.39, 0.29) is 17.2 Å². The van der Waals surface area contributed by atoms with Gasteiger partial charge in [-0.25, -0.2) is 4.79 Å². The van der Waals surface area contributed by atoms with E-state index >= 15 is 0 Å². The fraction of sp³-hybridized carbons (Fsp3) is 0.222. The number of ether oxygens (including phenoxy) is 1. The van der Waals surface area contributed by atoms with Crippen molar-refractivity contribution in [2.24, 2.45) is 0 Å². The van der Waals surface area contributed by atoms with Crippen LogP contribution in [-0.4, -0.2) is 41.5 Å². The molecule has 0 bridgehead atoms. The van der Waals surface area contributed by atoms with Crippen molar-refractivity contribution in [1.82, 2.24) is 10.2 Å². The van der Waals surface area contributed by atoms with Gasteiger partial charge >= 0.3 is 5.97 Å². The minimum absolute atomic E-state index is 0.140. The van der Waals surface area contributed by atoms with Crippen molar-refractivity contribution in [3.8, 4) is 11.1 Å². The Morgan fingerprint density at radius 3 is 2.76 bits per heavy atom. The lowest BCUT2D eigenvalue weighted by atomic mass is 10.0. The zero-order valence-corrected chi connectivity index (χ0v) is 18.7. The van der Waals surface area contributed by atoms with Crippen molar-refractivity contribution in [1.29, 1.82) is 0 Å². The van der Waals surface area contributed by atoms with E-state index in [1.807, 2.05) is 25.1 Å². The molecule has 0 atom stereocenters. The molecule has 3 aromatic rings. The van der Waals surface area contributed by atoms with Gasteiger partial charge in [-0.2, -0.15) is 0 Å². The van der Waals surface area contributed by atoms with E-state index < -0.39 is 5.97 Å². The van der Waals surface area contributed by atoms with Gasteiger partial charge in [-0.3, -0.25) is 4.79 Å². The molecule has 0 spiro atoms. The average Bonchev–Trinajstić information content (AvgIpc) is 3.33. The Morgan fingerprint density at radius 1 is 1.24 bits per heavy atom. The largest absolute Gasteiger partial charge is 0.465 e. The van der Waals surface area contributed by atoms with Crippen LogP contribution in [0.4, 0.5) is 10.1 Å². The Balaban J connectivity index is 1.75. The molecule has 1 amide bonds. The number of thioether (sulfide) groups is 1. The smallest absolute Gasteiger partial charge is 0.341 e. The van der Waals surface area contributed by atoms with Crippen LogP contribution in [0.2, 0.25) is 5.02 Å². The number of hydrogen-bond acceptors (Lipinski definition) is 9. The van der Waals surface area contributed by atoms with Gasteiger partial charge in [0, 0.05) is 28.1 Å². The Kier molecular flexibility index (Phi) is 7.48. The monoisotopic (exact) mass is 468 g/mol. The molecule has 2 aromatic heterocycles. The lowest BCUT2D eigenvalue weighted by Crippen LogP contribution is -2.16. The van der Waals surface area contributed by atoms with Gasteiger partial charge in [0.25, 0.3) is 0 Å². The maximum absolute atomic E-state index is 12.4. The third-order valence-electron chi connectivity index (χ3n) is 3.66. The van der Waals surface area contributed by atoms with E-state index in [0.29, 0.717) is 30.6 Å². The van der Waals surface area contributed by atoms with Crippen LogP contribution in [0.25, 0.3) is 11.1 Å². The van der Waals surface area contributed by atoms with Crippen LogP contribution in [0, 0.1) is 0 Å². The second-order valence-corrected chi connectivity index (χ2v) is 9.05. The van der Waals surface area contributed by atoms with Crippen molar-refractivity contribution in [3.63, 3.8) is 0 Å². The summed E-state index contributed by atoms with van der Waals surface area (Å²) in [6.45, 7) is 2.72. The Bertz CT molecular complexity index is 1020. The van der Waals surface area contributed by atoms with E-state index in [1.54, 1.807) is 11.4 Å². The maximum Gasteiger partial charge on any atom is 0.341 e. The average molecular weight is 469 g/mol. The number of benzene rings is 1. The van der Waals surface area contributed by atoms with Crippen molar-refractivity contribution in [2.45, 2.75) is 11.3 Å². The van der Waals surface area contributed by atoms with Crippen molar-refractivity contribution < 1.29 is 14.3 Å². The Hall–Kier alpha value is -2.14. The van der Waals surface area contributed by atoms with Crippen LogP contribution < -0.4 is 10.6 Å². The first-order valence-corrected chi connectivity index (χ1v) is 11.5. The molecule has 0 saturated carbocycles. The summed E-state index contributed by atoms with van der Waals surface area (Å²) in [5, 5.41) is 17.3. The van der Waals surface area contributed by atoms with E-state index in [4.69, 9.17) is 16.3 Å². The number of rotatable bonds is 8. The summed E-state index contributed by atoms with van der Waals surface area (Å²) in [6, 6.07) is 7.20. The second-order valence-electron chi connectivity index (χ2n) is 5.57. The Morgan fingerprint density at radius 2 is 2.03 bits per heavy atom. The predicted molar refractivity (Wildman–Crippen MR) is 120 cm³/mol. The molecule has 0 fully saturated rings. The highest BCUT2D eigenvalue weighted by atomic mass is 35.5. The van der Waals surface area contributed by atoms with Crippen molar-refractivity contribution >= 4 is 68.0 Å². The first kappa shape index (κ1) is 21.6. The quantitative estimate of drug-likeness (QED) is 0.360. The van der Waals surface area contributed by atoms with E-state index in [0.717, 1.165) is 6.54 Å². The molecule has 2 N–H and O–H groups in total. The van der Waals surface area contributed by atoms with Crippen LogP contribution in [0.1, 0.15) is 17.3 Å². The summed E-state index contributed by atoms with van der Waals surface area (Å²) < 4.78 is 5.61. The van der Waals surface area contributed by atoms with Gasteiger partial charge in [-0.1, -0.05) is 52.9 Å². The summed E-state index contributed by atoms with van der Waals surface area (Å²) in [5.41, 5.74) is 1.61. The van der Waals surface area contributed by atoms with Gasteiger partial charge in [0.15, 0.2) is 4.34 Å². The van der Waals surface area contributed by atoms with Crippen molar-refractivity contribution in [3.05, 3.63) is 40.2 Å². The summed E-state index contributed by atoms with van der Waals surface area (Å²) in [5.74, 6) is -0.655. The van der Waals surface area contributed by atoms with Crippen LogP contribution in [0.5, 0.6) is 0 Å². The first-order chi connectivity index (χ1) is 14.0. The molecule has 7 nitrogen and oxygen atoms in total. The number of methoxy groups -OCH3 is 1. The minimum atomic E-state index is -0.538. The molecule has 1 aromatic carbocycles. The van der Waals surface area contributed by atoms with Gasteiger partial charge in [-0.05, 0) is 13.0 Å². The van der Waals surface area contributed by atoms with Crippen LogP contribution >= 0.6 is 46.0 Å². The van der Waals surface area contributed by atoms with Crippen LogP contribution in [0.3, 0.4) is 0 Å². The second kappa shape index (κ2) is 10.1. The SMILES string of the molecule is CCNc1nnc(SCC(=O)Nc2scc(-c3ccccc3Cl)c2C(=O)OC)s1. The van der Waals surface area contributed by atoms with Gasteiger partial charge in [0.05, 0.1) is 12.9 Å². The number of esters is 1. The van der Waals surface area contributed by atoms with Crippen molar-refractivity contribution in [2.75, 3.05) is 30.0 Å². The number of carbonyl (C=O) groups excluding carboxylic acids is 2. The highest BCUT2D eigenvalue weighted by molar-refractivity contribution is 8.01. The number of nitrogens with zero attached hydrogens (tertiary/aromatic N) is 2. The number of thiophene rings is 1. The molecule has 29 heavy (non-hydrogen) atoms. The zero-order valence-electron chi connectivity index (χ0n) is 15.5. The highest BCUT2D eigenvalue weighted by Crippen LogP contribution is 2.39. The maximum atomic E-state index is 12.4. The summed E-state index contributed by atoms with van der Waals surface area (Å²) in [7, 11) is 1.30. The van der Waals surface area contributed by atoms with Crippen LogP contribution in [0.15, 0.2) is 34.0 Å². The minimum Gasteiger partial charge on any atom is -0.465 e. The third kappa shape index (κ3) is 5.27. The lowest BCUT2D eigenvalue weighted by molar-refractivity contribution is -0.113. The molecule has 0 aliphatic heterocycles. The standard InChI is InChI=1S/C18H17ClN4O3S3/c1-3-20-17-22-23-18(29-17)28-9-13(24)21-15-14(16(25)26-2)11(8-27-15)10-6-4-5-7-12(10)19/h4-8H,3,9H2,1-2H3,(H,20,22)(H,21,24). The number of hydrogen-bond donors (Lipinski definition) is 2. The number of nitrogens with one attached hydrogen (secondary N) is 2. The molecule has 0 aliphatic rings. The normalized spacial score (nSPS) is 10.6. The summed E-state index contributed by atoms with van der Waals surface area (Å²) in [4.78, 5) is 24.8. The summed E-state index contributed by atoms with van der Waals surface area (Å²) >= 11 is 10.2. The molecule has 11 heteroatoms. The van der Waals surface area contributed by atoms with Crippen LogP contribution in [-0.2, 0) is 9.53 Å². The molecule has 0 saturated heterocycles. The molecule has 0 aliphatic carbocycles. The topological polar surface area (TPSA) is 93.2 Å². The van der Waals surface area contributed by atoms with Gasteiger partial charge in [0.1, 0.15) is 10.6 Å². The number of halogens is 1. The number of anilines is 2. The number of amides is 1. The van der Waals surface area contributed by atoms with E-state index in [2.05, 4.69) is 20.8 Å². The Labute approximate surface area is 184 Å². The predicted octanol–water partition coefficient (Wildman–Crippen LogP) is 4.87. The molecule has 2 heterocycles.